The number of para-hydroxylation sites is 1. The Morgan fingerprint density at radius 1 is 1.20 bits per heavy atom. The fraction of sp³-hybridized carbons (Fsp3) is 0.316. The Morgan fingerprint density at radius 2 is 2.08 bits per heavy atom. The van der Waals surface area contributed by atoms with Gasteiger partial charge >= 0.3 is 0 Å². The Hall–Kier alpha value is -2.89. The molecule has 2 aliphatic rings. The normalized spacial score (nSPS) is 22.8. The molecular formula is C19H19N5O. The zero-order chi connectivity index (χ0) is 17.0. The second-order valence-electron chi connectivity index (χ2n) is 6.93. The highest BCUT2D eigenvalue weighted by Crippen LogP contribution is 2.47. The molecule has 1 amide bonds. The second kappa shape index (κ2) is 5.05. The summed E-state index contributed by atoms with van der Waals surface area (Å²) in [7, 11) is 1.88. The van der Waals surface area contributed by atoms with Gasteiger partial charge in [0.15, 0.2) is 0 Å². The fourth-order valence-corrected chi connectivity index (χ4v) is 4.46. The number of hydrogen-bond donors (Lipinski definition) is 1. The van der Waals surface area contributed by atoms with Crippen molar-refractivity contribution in [1.29, 1.82) is 0 Å². The lowest BCUT2D eigenvalue weighted by atomic mass is 9.75. The van der Waals surface area contributed by atoms with Crippen LogP contribution in [-0.2, 0) is 10.2 Å². The van der Waals surface area contributed by atoms with Gasteiger partial charge in [-0.15, -0.1) is 0 Å². The summed E-state index contributed by atoms with van der Waals surface area (Å²) >= 11 is 0. The van der Waals surface area contributed by atoms with Crippen LogP contribution in [0.3, 0.4) is 0 Å². The number of hydrogen-bond acceptors (Lipinski definition) is 4. The number of nitrogens with zero attached hydrogens (tertiary/aromatic N) is 4. The number of likely N-dealkylation sites (N-methyl/N-ethyl adjacent to an activating group) is 1. The van der Waals surface area contributed by atoms with Crippen LogP contribution in [0.4, 0.5) is 11.5 Å². The van der Waals surface area contributed by atoms with Gasteiger partial charge < -0.3 is 14.8 Å². The molecule has 1 spiro atoms. The van der Waals surface area contributed by atoms with Crippen molar-refractivity contribution < 1.29 is 4.79 Å². The first-order chi connectivity index (χ1) is 12.2. The molecule has 2 aromatic heterocycles. The quantitative estimate of drug-likeness (QED) is 0.743. The Labute approximate surface area is 145 Å². The van der Waals surface area contributed by atoms with Crippen molar-refractivity contribution in [3.05, 3.63) is 48.4 Å². The number of carbonyl (C=O) groups is 1. The van der Waals surface area contributed by atoms with Gasteiger partial charge in [-0.1, -0.05) is 18.2 Å². The molecule has 2 aliphatic heterocycles. The highest BCUT2D eigenvalue weighted by molar-refractivity contribution is 6.08. The van der Waals surface area contributed by atoms with E-state index in [-0.39, 0.29) is 5.91 Å². The Bertz CT molecular complexity index is 981. The molecule has 1 fully saturated rings. The molecule has 1 saturated heterocycles. The molecule has 0 aliphatic carbocycles. The van der Waals surface area contributed by atoms with Gasteiger partial charge in [0.25, 0.3) is 0 Å². The molecule has 0 bridgehead atoms. The largest absolute Gasteiger partial charge is 0.355 e. The maximum absolute atomic E-state index is 13.2. The molecule has 1 N–H and O–H groups in total. The summed E-state index contributed by atoms with van der Waals surface area (Å²) in [5, 5.41) is 1.01. The van der Waals surface area contributed by atoms with Crippen LogP contribution in [0.1, 0.15) is 18.4 Å². The number of piperidine rings is 1. The lowest BCUT2D eigenvalue weighted by Gasteiger charge is -2.40. The first kappa shape index (κ1) is 14.5. The third kappa shape index (κ3) is 1.88. The van der Waals surface area contributed by atoms with E-state index in [1.165, 1.54) is 0 Å². The van der Waals surface area contributed by atoms with Crippen LogP contribution >= 0.6 is 0 Å². The Morgan fingerprint density at radius 3 is 3.00 bits per heavy atom. The van der Waals surface area contributed by atoms with Crippen LogP contribution in [0.5, 0.6) is 0 Å². The number of carbonyl (C=O) groups excluding carboxylic acids is 1. The number of benzene rings is 1. The summed E-state index contributed by atoms with van der Waals surface area (Å²) in [4.78, 5) is 29.2. The fourth-order valence-electron chi connectivity index (χ4n) is 4.46. The number of fused-ring (bicyclic) bond motifs is 3. The lowest BCUT2D eigenvalue weighted by Crippen LogP contribution is -2.51. The number of nitrogens with one attached hydrogen (secondary N) is 1. The number of aromatic amines is 1. The predicted octanol–water partition coefficient (Wildman–Crippen LogP) is 2.47. The third-order valence-electron chi connectivity index (χ3n) is 5.62. The summed E-state index contributed by atoms with van der Waals surface area (Å²) in [5.74, 6) is 1.10. The molecule has 6 heteroatoms. The van der Waals surface area contributed by atoms with Crippen LogP contribution < -0.4 is 9.80 Å². The molecule has 5 rings (SSSR count). The van der Waals surface area contributed by atoms with Gasteiger partial charge in [0.1, 0.15) is 17.8 Å². The molecule has 4 heterocycles. The summed E-state index contributed by atoms with van der Waals surface area (Å²) in [5.41, 5.74) is 2.53. The standard InChI is InChI=1S/C19H19N5O/c1-23-15-6-3-2-5-14(15)19(18(23)25)8-4-10-24(11-19)17-13-7-9-20-16(13)21-12-22-17/h2-3,5-7,9,12H,4,8,10-11H2,1H3,(H,20,21,22)/t19-/m0/s1. The molecule has 25 heavy (non-hydrogen) atoms. The molecule has 0 unspecified atom stereocenters. The van der Waals surface area contributed by atoms with E-state index in [0.717, 1.165) is 47.5 Å². The lowest BCUT2D eigenvalue weighted by molar-refractivity contribution is -0.123. The van der Waals surface area contributed by atoms with Crippen LogP contribution in [0.15, 0.2) is 42.9 Å². The average Bonchev–Trinajstić information content (AvgIpc) is 3.21. The van der Waals surface area contributed by atoms with Gasteiger partial charge in [0.2, 0.25) is 5.91 Å². The van der Waals surface area contributed by atoms with E-state index in [1.807, 2.05) is 42.4 Å². The van der Waals surface area contributed by atoms with Gasteiger partial charge in [0, 0.05) is 32.0 Å². The predicted molar refractivity (Wildman–Crippen MR) is 96.9 cm³/mol. The Balaban J connectivity index is 1.61. The Kier molecular flexibility index (Phi) is 2.92. The van der Waals surface area contributed by atoms with E-state index >= 15 is 0 Å². The summed E-state index contributed by atoms with van der Waals surface area (Å²) in [6.45, 7) is 1.56. The van der Waals surface area contributed by atoms with Crippen LogP contribution in [-0.4, -0.2) is 41.0 Å². The molecule has 0 radical (unpaired) electrons. The van der Waals surface area contributed by atoms with Gasteiger partial charge in [-0.2, -0.15) is 0 Å². The van der Waals surface area contributed by atoms with E-state index in [0.29, 0.717) is 6.54 Å². The molecule has 6 nitrogen and oxygen atoms in total. The molecule has 3 aromatic rings. The number of anilines is 2. The minimum absolute atomic E-state index is 0.192. The van der Waals surface area contributed by atoms with E-state index in [9.17, 15) is 4.79 Å². The van der Waals surface area contributed by atoms with E-state index in [1.54, 1.807) is 6.33 Å². The molecule has 1 atom stereocenters. The minimum Gasteiger partial charge on any atom is -0.355 e. The number of H-pyrrole nitrogens is 1. The maximum Gasteiger partial charge on any atom is 0.239 e. The zero-order valence-corrected chi connectivity index (χ0v) is 14.1. The number of rotatable bonds is 1. The van der Waals surface area contributed by atoms with E-state index in [2.05, 4.69) is 25.9 Å². The van der Waals surface area contributed by atoms with Crippen LogP contribution in [0.25, 0.3) is 11.0 Å². The van der Waals surface area contributed by atoms with E-state index in [4.69, 9.17) is 0 Å². The highest BCUT2D eigenvalue weighted by Gasteiger charge is 2.51. The number of amides is 1. The second-order valence-corrected chi connectivity index (χ2v) is 6.93. The van der Waals surface area contributed by atoms with Crippen molar-refractivity contribution in [3.63, 3.8) is 0 Å². The van der Waals surface area contributed by atoms with Crippen molar-refractivity contribution in [2.75, 3.05) is 29.9 Å². The molecule has 1 aromatic carbocycles. The molecule has 126 valence electrons. The topological polar surface area (TPSA) is 65.1 Å². The van der Waals surface area contributed by atoms with Crippen LogP contribution in [0, 0.1) is 0 Å². The van der Waals surface area contributed by atoms with Gasteiger partial charge in [-0.05, 0) is 30.5 Å². The van der Waals surface area contributed by atoms with Gasteiger partial charge in [-0.3, -0.25) is 4.79 Å². The summed E-state index contributed by atoms with van der Waals surface area (Å²) < 4.78 is 0. The van der Waals surface area contributed by atoms with Crippen molar-refractivity contribution in [2.24, 2.45) is 0 Å². The van der Waals surface area contributed by atoms with Crippen molar-refractivity contribution in [3.8, 4) is 0 Å². The monoisotopic (exact) mass is 333 g/mol. The van der Waals surface area contributed by atoms with Crippen molar-refractivity contribution >= 4 is 28.4 Å². The maximum atomic E-state index is 13.2. The average molecular weight is 333 g/mol. The highest BCUT2D eigenvalue weighted by atomic mass is 16.2. The zero-order valence-electron chi connectivity index (χ0n) is 14.1. The first-order valence-electron chi connectivity index (χ1n) is 8.61. The van der Waals surface area contributed by atoms with Crippen molar-refractivity contribution in [1.82, 2.24) is 15.0 Å². The SMILES string of the molecule is CN1C(=O)[C@]2(CCCN(c3ncnc4[nH]ccc34)C2)c2ccccc21. The third-order valence-corrected chi connectivity index (χ3v) is 5.62. The molecule has 0 saturated carbocycles. The smallest absolute Gasteiger partial charge is 0.239 e. The van der Waals surface area contributed by atoms with E-state index < -0.39 is 5.41 Å². The first-order valence-corrected chi connectivity index (χ1v) is 8.61. The minimum atomic E-state index is -0.475. The molecular weight excluding hydrogens is 314 g/mol. The summed E-state index contributed by atoms with van der Waals surface area (Å²) in [6, 6.07) is 10.2. The summed E-state index contributed by atoms with van der Waals surface area (Å²) in [6.07, 6.45) is 5.31. The van der Waals surface area contributed by atoms with Crippen molar-refractivity contribution in [2.45, 2.75) is 18.3 Å². The number of aromatic nitrogens is 3. The van der Waals surface area contributed by atoms with Gasteiger partial charge in [-0.25, -0.2) is 9.97 Å². The van der Waals surface area contributed by atoms with Crippen LogP contribution in [0.2, 0.25) is 0 Å². The van der Waals surface area contributed by atoms with Gasteiger partial charge in [0.05, 0.1) is 10.8 Å².